The second-order valence-electron chi connectivity index (χ2n) is 15.8. The van der Waals surface area contributed by atoms with Crippen molar-refractivity contribution in [3.8, 4) is 0 Å². The summed E-state index contributed by atoms with van der Waals surface area (Å²) < 4.78 is 19.9. The average molecular weight is 683 g/mol. The van der Waals surface area contributed by atoms with Crippen molar-refractivity contribution < 1.29 is 58.6 Å². The molecule has 0 amide bonds. The maximum Gasteiger partial charge on any atom is 0.314 e. The number of carboxylic acid groups (broad SMARTS) is 1. The van der Waals surface area contributed by atoms with Crippen LogP contribution in [0.25, 0.3) is 0 Å². The maximum atomic E-state index is 11.8. The zero-order valence-corrected chi connectivity index (χ0v) is 29.0. The lowest BCUT2D eigenvalue weighted by atomic mass is 9.77. The monoisotopic (exact) mass is 682 g/mol. The van der Waals surface area contributed by atoms with Gasteiger partial charge in [-0.05, 0) is 101 Å². The van der Waals surface area contributed by atoms with Gasteiger partial charge in [-0.3, -0.25) is 19.2 Å². The second kappa shape index (κ2) is 17.2. The predicted octanol–water partition coefficient (Wildman–Crippen LogP) is 4.21. The summed E-state index contributed by atoms with van der Waals surface area (Å²) in [5, 5.41) is 37.7. The number of aliphatic hydroxyl groups is 3. The van der Waals surface area contributed by atoms with Crippen LogP contribution in [0.5, 0.6) is 0 Å². The molecule has 6 aliphatic carbocycles. The Morgan fingerprint density at radius 1 is 0.729 bits per heavy atom. The molecule has 12 heteroatoms. The van der Waals surface area contributed by atoms with E-state index in [2.05, 4.69) is 4.74 Å². The number of hydrogen-bond donors (Lipinski definition) is 4. The Hall–Kier alpha value is -2.12. The van der Waals surface area contributed by atoms with Crippen molar-refractivity contribution >= 4 is 23.9 Å². The van der Waals surface area contributed by atoms with E-state index in [9.17, 15) is 29.4 Å². The van der Waals surface area contributed by atoms with E-state index in [0.717, 1.165) is 31.6 Å². The summed E-state index contributed by atoms with van der Waals surface area (Å²) in [6.07, 6.45) is 15.7. The third-order valence-electron chi connectivity index (χ3n) is 11.3. The maximum absolute atomic E-state index is 11.8. The lowest BCUT2D eigenvalue weighted by Gasteiger charge is -2.40. The fourth-order valence-corrected chi connectivity index (χ4v) is 9.31. The number of aliphatic hydroxyl groups excluding tert-OH is 2. The summed E-state index contributed by atoms with van der Waals surface area (Å²) in [5.41, 5.74) is -0.321. The van der Waals surface area contributed by atoms with Gasteiger partial charge in [0, 0.05) is 0 Å². The van der Waals surface area contributed by atoms with Crippen LogP contribution >= 0.6 is 0 Å². The number of cyclic esters (lactones) is 2. The Morgan fingerprint density at radius 2 is 1.25 bits per heavy atom. The van der Waals surface area contributed by atoms with Crippen molar-refractivity contribution in [2.45, 2.75) is 122 Å². The van der Waals surface area contributed by atoms with E-state index in [1.807, 2.05) is 20.8 Å². The van der Waals surface area contributed by atoms with Gasteiger partial charge in [0.25, 0.3) is 5.97 Å². The number of ether oxygens (including phenoxy) is 4. The van der Waals surface area contributed by atoms with E-state index in [1.165, 1.54) is 31.1 Å². The summed E-state index contributed by atoms with van der Waals surface area (Å²) in [6, 6.07) is 0. The molecule has 7 fully saturated rings. The molecule has 0 radical (unpaired) electrons. The molecule has 1 aliphatic heterocycles. The van der Waals surface area contributed by atoms with Crippen LogP contribution in [0.4, 0.5) is 0 Å². The molecule has 6 saturated carbocycles. The Morgan fingerprint density at radius 3 is 1.62 bits per heavy atom. The van der Waals surface area contributed by atoms with Gasteiger partial charge in [-0.2, -0.15) is 0 Å². The Kier molecular flexibility index (Phi) is 13.9. The van der Waals surface area contributed by atoms with Crippen LogP contribution in [0.15, 0.2) is 0 Å². The van der Waals surface area contributed by atoms with Crippen LogP contribution in [-0.4, -0.2) is 82.3 Å². The molecule has 0 aromatic rings. The first-order valence-corrected chi connectivity index (χ1v) is 18.1. The van der Waals surface area contributed by atoms with Crippen molar-refractivity contribution in [1.29, 1.82) is 0 Å². The Balaban J connectivity index is 0.000000159. The standard InChI is InChI=1S/C13H22O7.C12H20O2.C7H12.C4H4O3/c14-3-5-19-13(18,20-6-4-15)11-9-2-1-8(7-9)10(11)12(16)17;1-12(2,3)14-11(13)10-7-8-4-5-9(10)6-8;1-2-7-4-3-6(1)5-7;5-3-1-2-4(6)7-3/h8-11,14-15,18H,1-7H2,(H,16,17);8-10H,4-7H2,1-3H3;6-7H,1-5H2;1-2H2. The van der Waals surface area contributed by atoms with Crippen LogP contribution in [0.3, 0.4) is 0 Å². The highest BCUT2D eigenvalue weighted by Crippen LogP contribution is 2.56. The van der Waals surface area contributed by atoms with E-state index >= 15 is 0 Å². The summed E-state index contributed by atoms with van der Waals surface area (Å²) in [6.45, 7) is 4.92. The molecule has 7 unspecified atom stereocenters. The largest absolute Gasteiger partial charge is 0.481 e. The summed E-state index contributed by atoms with van der Waals surface area (Å²) in [5.74, 6) is -1.08. The molecule has 274 valence electrons. The predicted molar refractivity (Wildman–Crippen MR) is 172 cm³/mol. The van der Waals surface area contributed by atoms with Gasteiger partial charge in [-0.25, -0.2) is 0 Å². The molecule has 48 heavy (non-hydrogen) atoms. The van der Waals surface area contributed by atoms with E-state index in [4.69, 9.17) is 24.4 Å². The van der Waals surface area contributed by atoms with Crippen LogP contribution in [0, 0.1) is 53.3 Å². The SMILES string of the molecule is C1CC2CCC1C2.CC(C)(C)OC(=O)C1CC2CCC1C2.O=C(O)C1C2CCC(C2)C1C(O)(OCCO)OCCO.O=C1CCC(=O)O1. The Labute approximate surface area is 284 Å². The van der Waals surface area contributed by atoms with Crippen molar-refractivity contribution in [3.63, 3.8) is 0 Å². The Bertz CT molecular complexity index is 1060. The summed E-state index contributed by atoms with van der Waals surface area (Å²) in [7, 11) is 0. The zero-order valence-electron chi connectivity index (χ0n) is 29.0. The van der Waals surface area contributed by atoms with E-state index in [-0.39, 0.29) is 68.6 Å². The highest BCUT2D eigenvalue weighted by molar-refractivity contribution is 5.92. The van der Waals surface area contributed by atoms with Gasteiger partial charge < -0.3 is 39.4 Å². The minimum Gasteiger partial charge on any atom is -0.481 e. The molecule has 12 nitrogen and oxygen atoms in total. The van der Waals surface area contributed by atoms with Gasteiger partial charge in [0.05, 0.1) is 57.0 Å². The first-order valence-electron chi connectivity index (χ1n) is 18.1. The van der Waals surface area contributed by atoms with Gasteiger partial charge in [-0.1, -0.05) is 32.1 Å². The van der Waals surface area contributed by atoms with E-state index in [1.54, 1.807) is 32.1 Å². The van der Waals surface area contributed by atoms with Gasteiger partial charge in [-0.15, -0.1) is 0 Å². The minimum atomic E-state index is -2.06. The molecule has 1 saturated heterocycles. The number of carboxylic acids is 1. The number of aliphatic carboxylic acids is 1. The molecular weight excluding hydrogens is 624 g/mol. The molecule has 1 heterocycles. The molecule has 0 aromatic heterocycles. The molecule has 0 spiro atoms. The van der Waals surface area contributed by atoms with Crippen LogP contribution < -0.4 is 0 Å². The molecule has 7 atom stereocenters. The lowest BCUT2D eigenvalue weighted by molar-refractivity contribution is -0.398. The van der Waals surface area contributed by atoms with E-state index in [0.29, 0.717) is 5.92 Å². The number of hydrogen-bond acceptors (Lipinski definition) is 11. The van der Waals surface area contributed by atoms with Gasteiger partial charge in [0.2, 0.25) is 0 Å². The average Bonchev–Trinajstić information content (AvgIpc) is 3.90. The minimum absolute atomic E-state index is 0.0310. The number of carbonyl (C=O) groups is 4. The van der Waals surface area contributed by atoms with Gasteiger partial charge in [0.15, 0.2) is 0 Å². The third kappa shape index (κ3) is 10.4. The number of carbonyl (C=O) groups excluding carboxylic acids is 3. The molecule has 6 bridgehead atoms. The first kappa shape index (κ1) is 38.7. The molecular formula is C36H58O12. The van der Waals surface area contributed by atoms with Crippen molar-refractivity contribution in [2.75, 3.05) is 26.4 Å². The quantitative estimate of drug-likeness (QED) is 0.154. The number of esters is 3. The molecule has 4 N–H and O–H groups in total. The number of rotatable bonds is 9. The van der Waals surface area contributed by atoms with Crippen molar-refractivity contribution in [3.05, 3.63) is 0 Å². The summed E-state index contributed by atoms with van der Waals surface area (Å²) in [4.78, 5) is 43.3. The summed E-state index contributed by atoms with van der Waals surface area (Å²) >= 11 is 0. The van der Waals surface area contributed by atoms with Crippen molar-refractivity contribution in [2.24, 2.45) is 53.3 Å². The first-order chi connectivity index (χ1) is 22.7. The van der Waals surface area contributed by atoms with Gasteiger partial charge >= 0.3 is 23.9 Å². The van der Waals surface area contributed by atoms with Crippen molar-refractivity contribution in [1.82, 2.24) is 0 Å². The molecule has 7 aliphatic rings. The van der Waals surface area contributed by atoms with Crippen LogP contribution in [0.1, 0.15) is 111 Å². The second-order valence-corrected chi connectivity index (χ2v) is 15.8. The van der Waals surface area contributed by atoms with Crippen LogP contribution in [-0.2, 0) is 38.1 Å². The molecule has 7 rings (SSSR count). The van der Waals surface area contributed by atoms with E-state index < -0.39 is 35.7 Å². The van der Waals surface area contributed by atoms with Gasteiger partial charge in [0.1, 0.15) is 5.60 Å². The third-order valence-corrected chi connectivity index (χ3v) is 11.3. The fourth-order valence-electron chi connectivity index (χ4n) is 9.31. The highest BCUT2D eigenvalue weighted by atomic mass is 16.8. The topological polar surface area (TPSA) is 186 Å². The smallest absolute Gasteiger partial charge is 0.314 e. The number of fused-ring (bicyclic) bond motifs is 6. The van der Waals surface area contributed by atoms with Crippen LogP contribution in [0.2, 0.25) is 0 Å². The fraction of sp³-hybridized carbons (Fsp3) is 0.889. The molecule has 0 aromatic carbocycles. The lowest BCUT2D eigenvalue weighted by Crippen LogP contribution is -2.51. The zero-order chi connectivity index (χ0) is 35.1. The highest BCUT2D eigenvalue weighted by Gasteiger charge is 2.60. The normalized spacial score (nSPS) is 34.1.